The topological polar surface area (TPSA) is 72.8 Å². The predicted molar refractivity (Wildman–Crippen MR) is 152 cm³/mol. The zero-order valence-corrected chi connectivity index (χ0v) is 24.1. The molecule has 1 saturated carbocycles. The number of alkyl halides is 3. The summed E-state index contributed by atoms with van der Waals surface area (Å²) in [5.74, 6) is -0.323. The third-order valence-electron chi connectivity index (χ3n) is 9.40. The standard InChI is InChI=1S/C31H41F4N5O2/c1-2-13-40(30-36-12-9-28(37-30)31(33,34)35)25-10-14-38(15-11-25)18-23-19-39(27(29(41)42)16-21-5-3-6-21)20-26(23)22-7-4-8-24(32)17-22/h4,7-9,12,17,21,23,25-27H,2-3,5-6,10-11,13-16,18-20H2,1H3,(H,41,42)/t23-,26+,27+/m0/s1. The summed E-state index contributed by atoms with van der Waals surface area (Å²) < 4.78 is 54.2. The van der Waals surface area contributed by atoms with Gasteiger partial charge in [0.15, 0.2) is 0 Å². The smallest absolute Gasteiger partial charge is 0.433 e. The van der Waals surface area contributed by atoms with Gasteiger partial charge in [-0.3, -0.25) is 9.69 Å². The van der Waals surface area contributed by atoms with Crippen molar-refractivity contribution < 1.29 is 27.5 Å². The average molecular weight is 592 g/mol. The van der Waals surface area contributed by atoms with Crippen LogP contribution in [-0.4, -0.2) is 82.2 Å². The number of carbonyl (C=O) groups is 1. The second-order valence-corrected chi connectivity index (χ2v) is 12.2. The van der Waals surface area contributed by atoms with E-state index in [2.05, 4.69) is 19.8 Å². The van der Waals surface area contributed by atoms with E-state index in [0.29, 0.717) is 32.0 Å². The van der Waals surface area contributed by atoms with Gasteiger partial charge in [-0.25, -0.2) is 14.4 Å². The van der Waals surface area contributed by atoms with Gasteiger partial charge in [-0.05, 0) is 61.3 Å². The van der Waals surface area contributed by atoms with E-state index in [4.69, 9.17) is 0 Å². The lowest BCUT2D eigenvalue weighted by atomic mass is 9.80. The highest BCUT2D eigenvalue weighted by molar-refractivity contribution is 5.73. The molecule has 230 valence electrons. The molecule has 2 aromatic rings. The van der Waals surface area contributed by atoms with Crippen LogP contribution in [0.15, 0.2) is 36.5 Å². The molecule has 1 aliphatic carbocycles. The molecule has 0 radical (unpaired) electrons. The van der Waals surface area contributed by atoms with Gasteiger partial charge in [-0.2, -0.15) is 13.2 Å². The van der Waals surface area contributed by atoms with Crippen LogP contribution in [0.25, 0.3) is 0 Å². The van der Waals surface area contributed by atoms with E-state index in [9.17, 15) is 27.5 Å². The zero-order valence-electron chi connectivity index (χ0n) is 24.1. The van der Waals surface area contributed by atoms with E-state index in [1.807, 2.05) is 17.9 Å². The zero-order chi connectivity index (χ0) is 29.9. The van der Waals surface area contributed by atoms with E-state index in [1.165, 1.54) is 12.3 Å². The maximum Gasteiger partial charge on any atom is 0.433 e. The number of halogens is 4. The summed E-state index contributed by atoms with van der Waals surface area (Å²) in [6, 6.07) is 7.07. The molecule has 0 bridgehead atoms. The number of aromatic nitrogens is 2. The second-order valence-electron chi connectivity index (χ2n) is 12.2. The number of hydrogen-bond donors (Lipinski definition) is 1. The second kappa shape index (κ2) is 13.2. The highest BCUT2D eigenvalue weighted by atomic mass is 19.4. The van der Waals surface area contributed by atoms with Crippen LogP contribution in [0.5, 0.6) is 0 Å². The molecule has 3 fully saturated rings. The summed E-state index contributed by atoms with van der Waals surface area (Å²) in [5.41, 5.74) is -0.0295. The van der Waals surface area contributed by atoms with Crippen molar-refractivity contribution in [3.8, 4) is 0 Å². The van der Waals surface area contributed by atoms with E-state index < -0.39 is 23.9 Å². The highest BCUT2D eigenvalue weighted by Crippen LogP contribution is 2.38. The van der Waals surface area contributed by atoms with Crippen LogP contribution in [0, 0.1) is 17.7 Å². The Morgan fingerprint density at radius 3 is 2.52 bits per heavy atom. The van der Waals surface area contributed by atoms with Gasteiger partial charge >= 0.3 is 12.1 Å². The van der Waals surface area contributed by atoms with Gasteiger partial charge in [-0.1, -0.05) is 38.3 Å². The number of rotatable bonds is 11. The fourth-order valence-electron chi connectivity index (χ4n) is 6.99. The first-order valence-corrected chi connectivity index (χ1v) is 15.2. The molecule has 0 spiro atoms. The molecular formula is C31H41F4N5O2. The summed E-state index contributed by atoms with van der Waals surface area (Å²) in [6.07, 6.45) is 2.94. The Hall–Kier alpha value is -2.79. The van der Waals surface area contributed by atoms with Crippen molar-refractivity contribution in [1.29, 1.82) is 0 Å². The Morgan fingerprint density at radius 2 is 1.90 bits per heavy atom. The average Bonchev–Trinajstić information content (AvgIpc) is 3.34. The number of aliphatic carboxylic acids is 1. The lowest BCUT2D eigenvalue weighted by molar-refractivity contribution is -0.144. The van der Waals surface area contributed by atoms with Gasteiger partial charge in [0.25, 0.3) is 0 Å². The minimum absolute atomic E-state index is 0.0248. The highest BCUT2D eigenvalue weighted by Gasteiger charge is 2.42. The largest absolute Gasteiger partial charge is 0.480 e. The number of hydrogen-bond acceptors (Lipinski definition) is 6. The van der Waals surface area contributed by atoms with Crippen molar-refractivity contribution in [2.45, 2.75) is 76.0 Å². The fourth-order valence-corrected chi connectivity index (χ4v) is 6.99. The van der Waals surface area contributed by atoms with Crippen LogP contribution in [0.2, 0.25) is 0 Å². The fraction of sp³-hybridized carbons (Fsp3) is 0.645. The third kappa shape index (κ3) is 7.22. The first kappa shape index (κ1) is 30.7. The quantitative estimate of drug-likeness (QED) is 0.338. The van der Waals surface area contributed by atoms with Crippen molar-refractivity contribution in [3.05, 3.63) is 53.6 Å². The van der Waals surface area contributed by atoms with Gasteiger partial charge in [0.1, 0.15) is 17.6 Å². The molecule has 1 N–H and O–H groups in total. The van der Waals surface area contributed by atoms with Crippen LogP contribution in [-0.2, 0) is 11.0 Å². The number of nitrogens with zero attached hydrogens (tertiary/aromatic N) is 5. The molecule has 1 aromatic carbocycles. The van der Waals surface area contributed by atoms with Gasteiger partial charge in [-0.15, -0.1) is 0 Å². The monoisotopic (exact) mass is 591 g/mol. The summed E-state index contributed by atoms with van der Waals surface area (Å²) >= 11 is 0. The van der Waals surface area contributed by atoms with Crippen molar-refractivity contribution in [2.75, 3.05) is 44.2 Å². The van der Waals surface area contributed by atoms with Gasteiger partial charge in [0, 0.05) is 57.4 Å². The Kier molecular flexibility index (Phi) is 9.67. The molecule has 1 aromatic heterocycles. The number of carboxylic acids is 1. The third-order valence-corrected chi connectivity index (χ3v) is 9.40. The van der Waals surface area contributed by atoms with Crippen LogP contribution < -0.4 is 4.90 Å². The number of benzene rings is 1. The molecular weight excluding hydrogens is 550 g/mol. The van der Waals surface area contributed by atoms with E-state index >= 15 is 0 Å². The maximum absolute atomic E-state index is 14.2. The molecule has 5 rings (SSSR count). The van der Waals surface area contributed by atoms with E-state index in [-0.39, 0.29) is 29.6 Å². The number of carboxylic acid groups (broad SMARTS) is 1. The van der Waals surface area contributed by atoms with Gasteiger partial charge in [0.2, 0.25) is 5.95 Å². The summed E-state index contributed by atoms with van der Waals surface area (Å²) in [7, 11) is 0. The Labute approximate surface area is 244 Å². The number of likely N-dealkylation sites (tertiary alicyclic amines) is 2. The summed E-state index contributed by atoms with van der Waals surface area (Å²) in [6.45, 7) is 6.08. The molecule has 0 amide bonds. The first-order valence-electron chi connectivity index (χ1n) is 15.2. The van der Waals surface area contributed by atoms with E-state index in [0.717, 1.165) is 69.8 Å². The van der Waals surface area contributed by atoms with E-state index in [1.54, 1.807) is 12.1 Å². The van der Waals surface area contributed by atoms with Crippen molar-refractivity contribution in [2.24, 2.45) is 11.8 Å². The molecule has 3 aliphatic rings. The minimum atomic E-state index is -4.52. The van der Waals surface area contributed by atoms with Crippen LogP contribution in [0.3, 0.4) is 0 Å². The normalized spacial score (nSPS) is 23.5. The van der Waals surface area contributed by atoms with Crippen LogP contribution >= 0.6 is 0 Å². The maximum atomic E-state index is 14.2. The van der Waals surface area contributed by atoms with Crippen LogP contribution in [0.1, 0.15) is 69.0 Å². The van der Waals surface area contributed by atoms with Gasteiger partial charge < -0.3 is 14.9 Å². The molecule has 2 aliphatic heterocycles. The summed E-state index contributed by atoms with van der Waals surface area (Å²) in [5, 5.41) is 10.1. The lowest BCUT2D eigenvalue weighted by Crippen LogP contribution is -2.47. The number of piperidine rings is 1. The molecule has 3 heterocycles. The molecule has 7 nitrogen and oxygen atoms in total. The first-order chi connectivity index (χ1) is 20.1. The lowest BCUT2D eigenvalue weighted by Gasteiger charge is -2.40. The number of anilines is 1. The molecule has 0 unspecified atom stereocenters. The van der Waals surface area contributed by atoms with Crippen molar-refractivity contribution >= 4 is 11.9 Å². The van der Waals surface area contributed by atoms with Crippen LogP contribution in [0.4, 0.5) is 23.5 Å². The van der Waals surface area contributed by atoms with Crippen molar-refractivity contribution in [3.63, 3.8) is 0 Å². The molecule has 2 saturated heterocycles. The van der Waals surface area contributed by atoms with Gasteiger partial charge in [0.05, 0.1) is 0 Å². The predicted octanol–water partition coefficient (Wildman–Crippen LogP) is 5.67. The molecule has 11 heteroatoms. The Bertz CT molecular complexity index is 1200. The molecule has 42 heavy (non-hydrogen) atoms. The summed E-state index contributed by atoms with van der Waals surface area (Å²) in [4.78, 5) is 26.7. The molecule has 3 atom stereocenters. The Balaban J connectivity index is 1.27. The van der Waals surface area contributed by atoms with Crippen molar-refractivity contribution in [1.82, 2.24) is 19.8 Å². The minimum Gasteiger partial charge on any atom is -0.480 e. The SMILES string of the molecule is CCCN(c1nccc(C(F)(F)F)n1)C1CCN(C[C@H]2CN([C@H](CC3CCC3)C(=O)O)C[C@@H]2c2cccc(F)c2)CC1. The Morgan fingerprint density at radius 1 is 1.14 bits per heavy atom.